The van der Waals surface area contributed by atoms with Crippen molar-refractivity contribution >= 4 is 9.84 Å². The Labute approximate surface area is 99.7 Å². The predicted octanol–water partition coefficient (Wildman–Crippen LogP) is 2.88. The number of fused-ring (bicyclic) bond motifs is 1. The summed E-state index contributed by atoms with van der Waals surface area (Å²) in [6.07, 6.45) is 4.80. The van der Waals surface area contributed by atoms with Crippen LogP contribution in [0.1, 0.15) is 46.5 Å². The molecule has 0 spiro atoms. The van der Waals surface area contributed by atoms with Gasteiger partial charge in [0.2, 0.25) is 0 Å². The van der Waals surface area contributed by atoms with E-state index in [1.165, 1.54) is 12.8 Å². The van der Waals surface area contributed by atoms with Crippen molar-refractivity contribution in [3.63, 3.8) is 0 Å². The summed E-state index contributed by atoms with van der Waals surface area (Å²) < 4.78 is 23.1. The second-order valence-corrected chi connectivity index (χ2v) is 8.66. The Morgan fingerprint density at radius 2 is 1.62 bits per heavy atom. The Morgan fingerprint density at radius 3 is 2.06 bits per heavy atom. The molecule has 1 saturated heterocycles. The number of sulfone groups is 1. The van der Waals surface area contributed by atoms with Crippen molar-refractivity contribution in [3.8, 4) is 0 Å². The van der Waals surface area contributed by atoms with Gasteiger partial charge in [-0.05, 0) is 42.4 Å². The van der Waals surface area contributed by atoms with Gasteiger partial charge in [0, 0.05) is 0 Å². The smallest absolute Gasteiger partial charge is 0.150 e. The minimum atomic E-state index is -2.69. The van der Waals surface area contributed by atoms with Crippen LogP contribution in [0.5, 0.6) is 0 Å². The van der Waals surface area contributed by atoms with E-state index in [-0.39, 0.29) is 0 Å². The zero-order valence-corrected chi connectivity index (χ0v) is 11.5. The molecule has 1 aliphatic carbocycles. The van der Waals surface area contributed by atoms with Crippen molar-refractivity contribution in [1.29, 1.82) is 0 Å². The summed E-state index contributed by atoms with van der Waals surface area (Å²) in [5.41, 5.74) is 0.406. The molecule has 2 nitrogen and oxygen atoms in total. The fourth-order valence-corrected chi connectivity index (χ4v) is 6.08. The van der Waals surface area contributed by atoms with Crippen molar-refractivity contribution < 1.29 is 8.42 Å². The van der Waals surface area contributed by atoms with Gasteiger partial charge in [-0.25, -0.2) is 8.42 Å². The Kier molecular flexibility index (Phi) is 3.11. The minimum absolute atomic E-state index is 0.406. The molecule has 0 aromatic rings. The van der Waals surface area contributed by atoms with Crippen molar-refractivity contribution in [1.82, 2.24) is 0 Å². The zero-order chi connectivity index (χ0) is 12.0. The highest BCUT2D eigenvalue weighted by Gasteiger charge is 2.47. The summed E-state index contributed by atoms with van der Waals surface area (Å²) >= 11 is 0. The van der Waals surface area contributed by atoms with Crippen LogP contribution in [0.3, 0.4) is 0 Å². The number of hydrogen-bond acceptors (Lipinski definition) is 2. The van der Waals surface area contributed by atoms with Crippen molar-refractivity contribution in [2.24, 2.45) is 23.2 Å². The Balaban J connectivity index is 2.02. The van der Waals surface area contributed by atoms with Crippen molar-refractivity contribution in [2.45, 2.75) is 46.5 Å². The predicted molar refractivity (Wildman–Crippen MR) is 67.0 cm³/mol. The van der Waals surface area contributed by atoms with E-state index < -0.39 is 9.84 Å². The molecule has 2 unspecified atom stereocenters. The van der Waals surface area contributed by atoms with E-state index >= 15 is 0 Å². The molecule has 0 radical (unpaired) electrons. The van der Waals surface area contributed by atoms with Gasteiger partial charge in [0.15, 0.2) is 9.84 Å². The SMILES string of the molecule is CCCC(C)(C)C1CC2CS(=O)(=O)CC2C1. The van der Waals surface area contributed by atoms with Gasteiger partial charge in [-0.2, -0.15) is 0 Å². The van der Waals surface area contributed by atoms with Gasteiger partial charge in [0.25, 0.3) is 0 Å². The van der Waals surface area contributed by atoms with Gasteiger partial charge in [-0.15, -0.1) is 0 Å². The molecular formula is C13H24O2S. The van der Waals surface area contributed by atoms with Crippen LogP contribution in [-0.2, 0) is 9.84 Å². The topological polar surface area (TPSA) is 34.1 Å². The van der Waals surface area contributed by atoms with Gasteiger partial charge < -0.3 is 0 Å². The first-order valence-corrected chi connectivity index (χ1v) is 8.36. The van der Waals surface area contributed by atoms with E-state index in [2.05, 4.69) is 20.8 Å². The summed E-state index contributed by atoms with van der Waals surface area (Å²) in [5.74, 6) is 2.64. The van der Waals surface area contributed by atoms with E-state index in [4.69, 9.17) is 0 Å². The summed E-state index contributed by atoms with van der Waals surface area (Å²) in [5, 5.41) is 0. The molecule has 0 N–H and O–H groups in total. The molecule has 3 heteroatoms. The van der Waals surface area contributed by atoms with Crippen molar-refractivity contribution in [3.05, 3.63) is 0 Å². The van der Waals surface area contributed by atoms with Crippen LogP contribution in [0.15, 0.2) is 0 Å². The fraction of sp³-hybridized carbons (Fsp3) is 1.00. The molecule has 2 atom stereocenters. The molecule has 1 saturated carbocycles. The zero-order valence-electron chi connectivity index (χ0n) is 10.7. The molecule has 16 heavy (non-hydrogen) atoms. The lowest BCUT2D eigenvalue weighted by molar-refractivity contribution is 0.190. The molecule has 1 heterocycles. The van der Waals surface area contributed by atoms with Gasteiger partial charge in [-0.1, -0.05) is 27.2 Å². The highest BCUT2D eigenvalue weighted by Crippen LogP contribution is 2.50. The van der Waals surface area contributed by atoms with E-state index in [0.29, 0.717) is 28.8 Å². The minimum Gasteiger partial charge on any atom is -0.229 e. The second-order valence-electron chi connectivity index (χ2n) is 6.50. The molecule has 0 aromatic carbocycles. The lowest BCUT2D eigenvalue weighted by Gasteiger charge is -2.32. The average Bonchev–Trinajstić information content (AvgIpc) is 2.57. The summed E-state index contributed by atoms with van der Waals surface area (Å²) in [6.45, 7) is 6.95. The third kappa shape index (κ3) is 2.29. The van der Waals surface area contributed by atoms with Crippen molar-refractivity contribution in [2.75, 3.05) is 11.5 Å². The Morgan fingerprint density at radius 1 is 1.12 bits per heavy atom. The number of rotatable bonds is 3. The Bertz CT molecular complexity index is 336. The first-order chi connectivity index (χ1) is 7.34. The van der Waals surface area contributed by atoms with E-state index in [0.717, 1.165) is 18.8 Å². The van der Waals surface area contributed by atoms with E-state index in [1.54, 1.807) is 0 Å². The van der Waals surface area contributed by atoms with Crippen LogP contribution in [0.25, 0.3) is 0 Å². The third-order valence-corrected chi connectivity index (χ3v) is 6.65. The van der Waals surface area contributed by atoms with Gasteiger partial charge in [-0.3, -0.25) is 0 Å². The molecule has 1 aliphatic heterocycles. The van der Waals surface area contributed by atoms with Gasteiger partial charge >= 0.3 is 0 Å². The maximum Gasteiger partial charge on any atom is 0.150 e. The first-order valence-electron chi connectivity index (χ1n) is 6.54. The molecule has 0 bridgehead atoms. The normalized spacial score (nSPS) is 37.6. The summed E-state index contributed by atoms with van der Waals surface area (Å²) in [6, 6.07) is 0. The van der Waals surface area contributed by atoms with Crippen LogP contribution in [0.4, 0.5) is 0 Å². The molecule has 94 valence electrons. The van der Waals surface area contributed by atoms with Crippen LogP contribution in [0.2, 0.25) is 0 Å². The number of hydrogen-bond donors (Lipinski definition) is 0. The monoisotopic (exact) mass is 244 g/mol. The van der Waals surface area contributed by atoms with E-state index in [9.17, 15) is 8.42 Å². The maximum absolute atomic E-state index is 11.5. The van der Waals surface area contributed by atoms with Crippen LogP contribution < -0.4 is 0 Å². The highest BCUT2D eigenvalue weighted by atomic mass is 32.2. The maximum atomic E-state index is 11.5. The molecule has 0 amide bonds. The van der Waals surface area contributed by atoms with E-state index in [1.807, 2.05) is 0 Å². The largest absolute Gasteiger partial charge is 0.229 e. The fourth-order valence-electron chi connectivity index (χ4n) is 3.83. The molecule has 0 aromatic heterocycles. The third-order valence-electron chi connectivity index (χ3n) is 4.78. The van der Waals surface area contributed by atoms with Gasteiger partial charge in [0.1, 0.15) is 0 Å². The summed E-state index contributed by atoms with van der Waals surface area (Å²) in [4.78, 5) is 0. The first kappa shape index (κ1) is 12.4. The quantitative estimate of drug-likeness (QED) is 0.765. The van der Waals surface area contributed by atoms with Crippen LogP contribution in [-0.4, -0.2) is 19.9 Å². The highest BCUT2D eigenvalue weighted by molar-refractivity contribution is 7.91. The molecule has 2 rings (SSSR count). The standard InChI is InChI=1S/C13H24O2S/c1-4-5-13(2,3)12-6-10-8-16(14,15)9-11(10)7-12/h10-12H,4-9H2,1-3H3. The Hall–Kier alpha value is -0.0500. The lowest BCUT2D eigenvalue weighted by atomic mass is 9.74. The lowest BCUT2D eigenvalue weighted by Crippen LogP contribution is -2.23. The van der Waals surface area contributed by atoms with Crippen LogP contribution in [0, 0.1) is 23.2 Å². The summed E-state index contributed by atoms with van der Waals surface area (Å²) in [7, 11) is -2.69. The van der Waals surface area contributed by atoms with Crippen LogP contribution >= 0.6 is 0 Å². The molecular weight excluding hydrogens is 220 g/mol. The molecule has 2 aliphatic rings. The molecule has 2 fully saturated rings. The second kappa shape index (κ2) is 4.01. The average molecular weight is 244 g/mol. The van der Waals surface area contributed by atoms with Gasteiger partial charge in [0.05, 0.1) is 11.5 Å².